The topological polar surface area (TPSA) is 76.9 Å². The summed E-state index contributed by atoms with van der Waals surface area (Å²) in [6, 6.07) is 8.36. The van der Waals surface area contributed by atoms with E-state index in [1.54, 1.807) is 50.0 Å². The summed E-state index contributed by atoms with van der Waals surface area (Å²) in [5.41, 5.74) is 2.93. The molecule has 27 heavy (non-hydrogen) atoms. The minimum absolute atomic E-state index is 0.228. The molecule has 0 aliphatic rings. The van der Waals surface area contributed by atoms with Gasteiger partial charge in [-0.2, -0.15) is 5.10 Å². The zero-order valence-electron chi connectivity index (χ0n) is 15.6. The number of halogens is 1. The third-order valence-electron chi connectivity index (χ3n) is 4.46. The molecule has 142 valence electrons. The third-order valence-corrected chi connectivity index (χ3v) is 6.55. The van der Waals surface area contributed by atoms with E-state index in [0.29, 0.717) is 16.4 Å². The summed E-state index contributed by atoms with van der Waals surface area (Å²) in [6.07, 6.45) is 3.35. The zero-order valence-corrected chi connectivity index (χ0v) is 17.1. The highest BCUT2D eigenvalue weighted by molar-refractivity contribution is 7.89. The lowest BCUT2D eigenvalue weighted by atomic mass is 10.1. The molecular formula is C19H21ClN4O2S. The number of nitrogens with zero attached hydrogens (tertiary/aromatic N) is 3. The quantitative estimate of drug-likeness (QED) is 0.699. The van der Waals surface area contributed by atoms with Gasteiger partial charge in [0.1, 0.15) is 0 Å². The van der Waals surface area contributed by atoms with Crippen LogP contribution >= 0.6 is 11.6 Å². The highest BCUT2D eigenvalue weighted by atomic mass is 35.5. The Morgan fingerprint density at radius 3 is 2.56 bits per heavy atom. The molecule has 0 amide bonds. The Bertz CT molecular complexity index is 1080. The van der Waals surface area contributed by atoms with Crippen LogP contribution in [0.4, 0.5) is 0 Å². The Labute approximate surface area is 164 Å². The van der Waals surface area contributed by atoms with E-state index in [-0.39, 0.29) is 4.90 Å². The largest absolute Gasteiger partial charge is 0.241 e. The van der Waals surface area contributed by atoms with Crippen LogP contribution in [0.5, 0.6) is 0 Å². The highest BCUT2D eigenvalue weighted by Crippen LogP contribution is 2.26. The minimum atomic E-state index is -3.71. The number of aromatic nitrogens is 3. The van der Waals surface area contributed by atoms with Crippen molar-refractivity contribution < 1.29 is 8.42 Å². The fraction of sp³-hybridized carbons (Fsp3) is 0.263. The molecule has 6 nitrogen and oxygen atoms in total. The van der Waals surface area contributed by atoms with Gasteiger partial charge in [-0.15, -0.1) is 0 Å². The van der Waals surface area contributed by atoms with Crippen molar-refractivity contribution >= 4 is 21.6 Å². The van der Waals surface area contributed by atoms with E-state index >= 15 is 0 Å². The van der Waals surface area contributed by atoms with Crippen LogP contribution in [0.3, 0.4) is 0 Å². The average molecular weight is 405 g/mol. The van der Waals surface area contributed by atoms with Crippen molar-refractivity contribution in [2.45, 2.75) is 38.6 Å². The Morgan fingerprint density at radius 1 is 1.15 bits per heavy atom. The molecule has 0 fully saturated rings. The molecular weight excluding hydrogens is 384 g/mol. The van der Waals surface area contributed by atoms with E-state index < -0.39 is 16.1 Å². The number of pyridine rings is 1. The van der Waals surface area contributed by atoms with Crippen LogP contribution < -0.4 is 4.72 Å². The normalized spacial score (nSPS) is 12.9. The lowest BCUT2D eigenvalue weighted by molar-refractivity contribution is 0.565. The molecule has 3 aromatic rings. The number of hydrogen-bond donors (Lipinski definition) is 1. The molecule has 0 radical (unpaired) electrons. The number of hydrogen-bond acceptors (Lipinski definition) is 4. The standard InChI is InChI=1S/C19H21ClN4O2S/c1-12-10-18(13(2)9-17(12)20)27(25,26)23-14(3)16-11-22-24(15(16)4)19-7-5-6-8-21-19/h5-11,14,23H,1-4H3/t14-/m0/s1. The van der Waals surface area contributed by atoms with Gasteiger partial charge in [-0.1, -0.05) is 17.7 Å². The molecule has 2 heterocycles. The third kappa shape index (κ3) is 3.90. The zero-order chi connectivity index (χ0) is 19.8. The fourth-order valence-electron chi connectivity index (χ4n) is 2.96. The smallest absolute Gasteiger partial charge is 0.237 e. The maximum absolute atomic E-state index is 12.9. The summed E-state index contributed by atoms with van der Waals surface area (Å²) in [7, 11) is -3.71. The van der Waals surface area contributed by atoms with E-state index in [0.717, 1.165) is 16.8 Å². The first-order chi connectivity index (χ1) is 12.7. The molecule has 1 aromatic carbocycles. The van der Waals surface area contributed by atoms with Crippen molar-refractivity contribution in [1.82, 2.24) is 19.5 Å². The number of benzene rings is 1. The maximum Gasteiger partial charge on any atom is 0.241 e. The Balaban J connectivity index is 1.91. The second kappa shape index (κ2) is 7.42. The summed E-state index contributed by atoms with van der Waals surface area (Å²) in [6.45, 7) is 7.20. The van der Waals surface area contributed by atoms with Crippen molar-refractivity contribution in [2.75, 3.05) is 0 Å². The summed E-state index contributed by atoms with van der Waals surface area (Å²) in [5, 5.41) is 4.90. The first-order valence-electron chi connectivity index (χ1n) is 8.45. The average Bonchev–Trinajstić information content (AvgIpc) is 3.00. The summed E-state index contributed by atoms with van der Waals surface area (Å²) >= 11 is 6.09. The number of aryl methyl sites for hydroxylation is 2. The number of rotatable bonds is 5. The summed E-state index contributed by atoms with van der Waals surface area (Å²) in [5.74, 6) is 0.681. The van der Waals surface area contributed by atoms with Crippen LogP contribution in [-0.4, -0.2) is 23.2 Å². The molecule has 2 aromatic heterocycles. The SMILES string of the molecule is Cc1cc(S(=O)(=O)N[C@@H](C)c2cnn(-c3ccccn3)c2C)c(C)cc1Cl. The van der Waals surface area contributed by atoms with E-state index in [9.17, 15) is 8.42 Å². The lowest BCUT2D eigenvalue weighted by Gasteiger charge is -2.16. The molecule has 1 atom stereocenters. The fourth-order valence-corrected chi connectivity index (χ4v) is 4.71. The Hall–Kier alpha value is -2.22. The van der Waals surface area contributed by atoms with Gasteiger partial charge in [-0.05, 0) is 63.1 Å². The second-order valence-corrected chi connectivity index (χ2v) is 8.58. The monoisotopic (exact) mass is 404 g/mol. The van der Waals surface area contributed by atoms with Gasteiger partial charge >= 0.3 is 0 Å². The van der Waals surface area contributed by atoms with Crippen LogP contribution in [0.25, 0.3) is 5.82 Å². The number of sulfonamides is 1. The Morgan fingerprint density at radius 2 is 1.89 bits per heavy atom. The van der Waals surface area contributed by atoms with Crippen LogP contribution in [0.15, 0.2) is 47.6 Å². The van der Waals surface area contributed by atoms with Crippen molar-refractivity contribution in [3.63, 3.8) is 0 Å². The molecule has 1 N–H and O–H groups in total. The van der Waals surface area contributed by atoms with Crippen molar-refractivity contribution in [2.24, 2.45) is 0 Å². The highest BCUT2D eigenvalue weighted by Gasteiger charge is 2.23. The minimum Gasteiger partial charge on any atom is -0.237 e. The van der Waals surface area contributed by atoms with Crippen LogP contribution in [0.1, 0.15) is 35.3 Å². The predicted octanol–water partition coefficient (Wildman–Crippen LogP) is 3.89. The van der Waals surface area contributed by atoms with Gasteiger partial charge in [-0.3, -0.25) is 0 Å². The van der Waals surface area contributed by atoms with Crippen LogP contribution in [-0.2, 0) is 10.0 Å². The van der Waals surface area contributed by atoms with Gasteiger partial charge in [0, 0.05) is 28.5 Å². The van der Waals surface area contributed by atoms with Gasteiger partial charge in [0.25, 0.3) is 0 Å². The summed E-state index contributed by atoms with van der Waals surface area (Å²) in [4.78, 5) is 4.51. The molecule has 0 aliphatic heterocycles. The van der Waals surface area contributed by atoms with Gasteiger partial charge in [0.15, 0.2) is 5.82 Å². The molecule has 0 saturated heterocycles. The second-order valence-electron chi connectivity index (χ2n) is 6.49. The van der Waals surface area contributed by atoms with Gasteiger partial charge < -0.3 is 0 Å². The Kier molecular flexibility index (Phi) is 5.37. The number of nitrogens with one attached hydrogen (secondary N) is 1. The van der Waals surface area contributed by atoms with E-state index in [2.05, 4.69) is 14.8 Å². The van der Waals surface area contributed by atoms with Crippen LogP contribution in [0.2, 0.25) is 5.02 Å². The molecule has 0 bridgehead atoms. The molecule has 8 heteroatoms. The lowest BCUT2D eigenvalue weighted by Crippen LogP contribution is -2.28. The first-order valence-corrected chi connectivity index (χ1v) is 10.3. The molecule has 0 aliphatic carbocycles. The molecule has 0 unspecified atom stereocenters. The van der Waals surface area contributed by atoms with E-state index in [1.165, 1.54) is 0 Å². The van der Waals surface area contributed by atoms with Gasteiger partial charge in [-0.25, -0.2) is 22.8 Å². The van der Waals surface area contributed by atoms with Crippen molar-refractivity contribution in [1.29, 1.82) is 0 Å². The predicted molar refractivity (Wildman–Crippen MR) is 106 cm³/mol. The summed E-state index contributed by atoms with van der Waals surface area (Å²) < 4.78 is 30.2. The molecule has 3 rings (SSSR count). The van der Waals surface area contributed by atoms with Gasteiger partial charge in [0.05, 0.1) is 11.1 Å². The molecule has 0 spiro atoms. The van der Waals surface area contributed by atoms with E-state index in [4.69, 9.17) is 11.6 Å². The van der Waals surface area contributed by atoms with Crippen molar-refractivity contribution in [3.8, 4) is 5.82 Å². The van der Waals surface area contributed by atoms with Gasteiger partial charge in [0.2, 0.25) is 10.0 Å². The molecule has 0 saturated carbocycles. The maximum atomic E-state index is 12.9. The van der Waals surface area contributed by atoms with Crippen LogP contribution in [0, 0.1) is 20.8 Å². The van der Waals surface area contributed by atoms with Crippen molar-refractivity contribution in [3.05, 3.63) is 70.1 Å². The first kappa shape index (κ1) is 19.5. The van der Waals surface area contributed by atoms with E-state index in [1.807, 2.05) is 25.1 Å².